The van der Waals surface area contributed by atoms with Gasteiger partial charge in [0.05, 0.1) is 0 Å². The van der Waals surface area contributed by atoms with Gasteiger partial charge < -0.3 is 10.6 Å². The molecular formula is C22H32N2. The van der Waals surface area contributed by atoms with Crippen molar-refractivity contribution in [3.8, 4) is 0 Å². The van der Waals surface area contributed by atoms with E-state index < -0.39 is 0 Å². The van der Waals surface area contributed by atoms with Gasteiger partial charge in [0.25, 0.3) is 0 Å². The number of nitrogens with zero attached hydrogens (tertiary/aromatic N) is 1. The first-order valence-electron chi connectivity index (χ1n) is 8.80. The van der Waals surface area contributed by atoms with Crippen LogP contribution < -0.4 is 5.73 Å². The maximum atomic E-state index is 5.51. The summed E-state index contributed by atoms with van der Waals surface area (Å²) in [6.07, 6.45) is 23.9. The summed E-state index contributed by atoms with van der Waals surface area (Å²) in [4.78, 5) is 2.38. The molecule has 0 radical (unpaired) electrons. The molecule has 2 N–H and O–H groups in total. The summed E-state index contributed by atoms with van der Waals surface area (Å²) in [5.41, 5.74) is 8.76. The van der Waals surface area contributed by atoms with Crippen LogP contribution in [0.3, 0.4) is 0 Å². The summed E-state index contributed by atoms with van der Waals surface area (Å²) in [5, 5.41) is 0. The Kier molecular flexibility index (Phi) is 9.36. The number of allylic oxidation sites excluding steroid dienone is 10. The Morgan fingerprint density at radius 1 is 1.08 bits per heavy atom. The SMILES string of the molecule is C=C/C=C(\C=C/N)/C=C/C(=C)N(/C(C)=C/C=C\C)C1CCCCC1. The summed E-state index contributed by atoms with van der Waals surface area (Å²) in [5.74, 6) is 0. The van der Waals surface area contributed by atoms with Gasteiger partial charge in [-0.1, -0.05) is 62.8 Å². The van der Waals surface area contributed by atoms with Gasteiger partial charge in [0.2, 0.25) is 0 Å². The van der Waals surface area contributed by atoms with Crippen molar-refractivity contribution in [2.24, 2.45) is 5.73 Å². The Balaban J connectivity index is 3.02. The molecule has 0 bridgehead atoms. The fourth-order valence-electron chi connectivity index (χ4n) is 3.09. The lowest BCUT2D eigenvalue weighted by Crippen LogP contribution is -2.34. The molecule has 0 spiro atoms. The van der Waals surface area contributed by atoms with Gasteiger partial charge in [-0.2, -0.15) is 0 Å². The van der Waals surface area contributed by atoms with Crippen molar-refractivity contribution in [3.05, 3.63) is 84.9 Å². The summed E-state index contributed by atoms with van der Waals surface area (Å²) in [6, 6.07) is 0.536. The monoisotopic (exact) mass is 324 g/mol. The Labute approximate surface area is 148 Å². The maximum absolute atomic E-state index is 5.51. The minimum absolute atomic E-state index is 0.536. The first kappa shape index (κ1) is 19.8. The topological polar surface area (TPSA) is 29.3 Å². The third-order valence-electron chi connectivity index (χ3n) is 4.23. The molecule has 0 atom stereocenters. The highest BCUT2D eigenvalue weighted by Gasteiger charge is 2.22. The van der Waals surface area contributed by atoms with Gasteiger partial charge in [0, 0.05) is 17.4 Å². The molecule has 0 aromatic rings. The van der Waals surface area contributed by atoms with E-state index in [-0.39, 0.29) is 0 Å². The zero-order valence-electron chi connectivity index (χ0n) is 15.2. The van der Waals surface area contributed by atoms with Crippen LogP contribution in [0.1, 0.15) is 46.0 Å². The Morgan fingerprint density at radius 3 is 2.38 bits per heavy atom. The molecule has 2 nitrogen and oxygen atoms in total. The summed E-state index contributed by atoms with van der Waals surface area (Å²) >= 11 is 0. The van der Waals surface area contributed by atoms with Crippen molar-refractivity contribution in [2.45, 2.75) is 52.0 Å². The van der Waals surface area contributed by atoms with Crippen LogP contribution in [0.15, 0.2) is 84.9 Å². The minimum atomic E-state index is 0.536. The second-order valence-corrected chi connectivity index (χ2v) is 6.08. The summed E-state index contributed by atoms with van der Waals surface area (Å²) in [6.45, 7) is 12.3. The van der Waals surface area contributed by atoms with Gasteiger partial charge in [-0.25, -0.2) is 0 Å². The van der Waals surface area contributed by atoms with E-state index in [1.54, 1.807) is 12.3 Å². The molecule has 0 aromatic carbocycles. The van der Waals surface area contributed by atoms with E-state index in [1.807, 2.05) is 25.2 Å². The molecule has 2 heteroatoms. The molecule has 0 unspecified atom stereocenters. The number of hydrogen-bond donors (Lipinski definition) is 1. The largest absolute Gasteiger partial charge is 0.405 e. The van der Waals surface area contributed by atoms with Gasteiger partial charge >= 0.3 is 0 Å². The van der Waals surface area contributed by atoms with Crippen molar-refractivity contribution >= 4 is 0 Å². The van der Waals surface area contributed by atoms with Crippen LogP contribution in [0, 0.1) is 0 Å². The molecule has 1 rings (SSSR count). The van der Waals surface area contributed by atoms with Crippen molar-refractivity contribution in [3.63, 3.8) is 0 Å². The molecule has 0 amide bonds. The van der Waals surface area contributed by atoms with E-state index in [2.05, 4.69) is 49.3 Å². The highest BCUT2D eigenvalue weighted by Crippen LogP contribution is 2.28. The van der Waals surface area contributed by atoms with Gasteiger partial charge in [0.1, 0.15) is 0 Å². The molecule has 0 saturated heterocycles. The normalized spacial score (nSPS) is 17.9. The molecule has 1 fully saturated rings. The van der Waals surface area contributed by atoms with Crippen LogP contribution in [-0.2, 0) is 0 Å². The van der Waals surface area contributed by atoms with E-state index in [9.17, 15) is 0 Å². The second-order valence-electron chi connectivity index (χ2n) is 6.08. The molecular weight excluding hydrogens is 292 g/mol. The van der Waals surface area contributed by atoms with E-state index in [4.69, 9.17) is 5.73 Å². The predicted molar refractivity (Wildman–Crippen MR) is 107 cm³/mol. The summed E-state index contributed by atoms with van der Waals surface area (Å²) in [7, 11) is 0. The maximum Gasteiger partial charge on any atom is 0.0338 e. The first-order chi connectivity index (χ1) is 11.6. The van der Waals surface area contributed by atoms with Gasteiger partial charge in [-0.15, -0.1) is 0 Å². The first-order valence-corrected chi connectivity index (χ1v) is 8.80. The molecule has 1 aliphatic carbocycles. The number of nitrogens with two attached hydrogens (primary N) is 1. The summed E-state index contributed by atoms with van der Waals surface area (Å²) < 4.78 is 0. The lowest BCUT2D eigenvalue weighted by atomic mass is 9.93. The molecule has 0 aliphatic heterocycles. The van der Waals surface area contributed by atoms with E-state index in [1.165, 1.54) is 37.8 Å². The molecule has 1 saturated carbocycles. The van der Waals surface area contributed by atoms with Crippen LogP contribution >= 0.6 is 0 Å². The van der Waals surface area contributed by atoms with Gasteiger partial charge in [-0.3, -0.25) is 0 Å². The molecule has 130 valence electrons. The van der Waals surface area contributed by atoms with Crippen LogP contribution in [0.4, 0.5) is 0 Å². The molecule has 1 aliphatic rings. The van der Waals surface area contributed by atoms with Crippen LogP contribution in [0.25, 0.3) is 0 Å². The average molecular weight is 325 g/mol. The highest BCUT2D eigenvalue weighted by atomic mass is 15.2. The average Bonchev–Trinajstić information content (AvgIpc) is 2.59. The van der Waals surface area contributed by atoms with Crippen LogP contribution in [0.5, 0.6) is 0 Å². The molecule has 24 heavy (non-hydrogen) atoms. The Morgan fingerprint density at radius 2 is 1.79 bits per heavy atom. The lowest BCUT2D eigenvalue weighted by molar-refractivity contribution is 0.250. The van der Waals surface area contributed by atoms with E-state index in [0.29, 0.717) is 6.04 Å². The van der Waals surface area contributed by atoms with Crippen molar-refractivity contribution in [2.75, 3.05) is 0 Å². The second kappa shape index (κ2) is 11.3. The lowest BCUT2D eigenvalue weighted by Gasteiger charge is -2.37. The highest BCUT2D eigenvalue weighted by molar-refractivity contribution is 5.37. The van der Waals surface area contributed by atoms with Gasteiger partial charge in [0.15, 0.2) is 0 Å². The van der Waals surface area contributed by atoms with Crippen molar-refractivity contribution in [1.29, 1.82) is 0 Å². The fraction of sp³-hybridized carbons (Fsp3) is 0.364. The zero-order valence-corrected chi connectivity index (χ0v) is 15.2. The smallest absolute Gasteiger partial charge is 0.0338 e. The van der Waals surface area contributed by atoms with Crippen molar-refractivity contribution in [1.82, 2.24) is 4.90 Å². The third-order valence-corrected chi connectivity index (χ3v) is 4.23. The fourth-order valence-corrected chi connectivity index (χ4v) is 3.09. The predicted octanol–water partition coefficient (Wildman–Crippen LogP) is 5.76. The van der Waals surface area contributed by atoms with Crippen LogP contribution in [-0.4, -0.2) is 10.9 Å². The van der Waals surface area contributed by atoms with Crippen LogP contribution in [0.2, 0.25) is 0 Å². The molecule has 0 aromatic heterocycles. The number of hydrogen-bond acceptors (Lipinski definition) is 2. The Hall–Kier alpha value is -2.22. The van der Waals surface area contributed by atoms with Gasteiger partial charge in [-0.05, 0) is 56.7 Å². The Bertz CT molecular complexity index is 553. The molecule has 0 heterocycles. The quantitative estimate of drug-likeness (QED) is 0.575. The minimum Gasteiger partial charge on any atom is -0.405 e. The standard InChI is InChI=1S/C22H32N2/c1-5-7-12-19(3)24(22-13-9-8-10-14-22)20(4)15-16-21(11-6-2)17-18-23/h5-7,11-12,15-18,22H,2,4,8-10,13-14,23H2,1,3H3/b7-5-,16-15+,18-17-,19-12+,21-11-. The number of rotatable bonds is 8. The van der Waals surface area contributed by atoms with Crippen molar-refractivity contribution < 1.29 is 0 Å². The third kappa shape index (κ3) is 6.49. The van der Waals surface area contributed by atoms with E-state index >= 15 is 0 Å². The van der Waals surface area contributed by atoms with E-state index in [0.717, 1.165) is 11.3 Å². The zero-order chi connectivity index (χ0) is 17.8.